The van der Waals surface area contributed by atoms with Crippen LogP contribution in [0.15, 0.2) is 18.2 Å². The smallest absolute Gasteiger partial charge is 0.165 e. The molecule has 0 amide bonds. The fourth-order valence-corrected chi connectivity index (χ4v) is 3.19. The molecule has 1 aliphatic heterocycles. The fourth-order valence-electron chi connectivity index (χ4n) is 3.19. The van der Waals surface area contributed by atoms with Crippen LogP contribution in [0.4, 0.5) is 0 Å². The molecule has 0 aromatic heterocycles. The van der Waals surface area contributed by atoms with Crippen molar-refractivity contribution in [1.29, 1.82) is 0 Å². The Hall–Kier alpha value is -1.26. The Kier molecular flexibility index (Phi) is 6.52. The van der Waals surface area contributed by atoms with Crippen molar-refractivity contribution in [1.82, 2.24) is 4.90 Å². The Labute approximate surface area is 134 Å². The summed E-state index contributed by atoms with van der Waals surface area (Å²) in [6.07, 6.45) is 2.35. The number of nitrogens with zero attached hydrogens (tertiary/aromatic N) is 1. The molecule has 0 radical (unpaired) electrons. The van der Waals surface area contributed by atoms with Crippen molar-refractivity contribution in [3.8, 4) is 11.5 Å². The van der Waals surface area contributed by atoms with Gasteiger partial charge >= 0.3 is 0 Å². The second-order valence-corrected chi connectivity index (χ2v) is 6.00. The van der Waals surface area contributed by atoms with Gasteiger partial charge in [0, 0.05) is 24.1 Å². The fraction of sp³-hybridized carbons (Fsp3) is 0.667. The van der Waals surface area contributed by atoms with Gasteiger partial charge in [0.05, 0.1) is 13.2 Å². The lowest BCUT2D eigenvalue weighted by molar-refractivity contribution is 0.133. The Balaban J connectivity index is 2.11. The van der Waals surface area contributed by atoms with E-state index in [0.717, 1.165) is 36.7 Å². The number of hydrogen-bond acceptors (Lipinski definition) is 4. The first-order valence-electron chi connectivity index (χ1n) is 8.57. The molecule has 4 heteroatoms. The van der Waals surface area contributed by atoms with Gasteiger partial charge in [-0.1, -0.05) is 26.0 Å². The molecule has 22 heavy (non-hydrogen) atoms. The lowest BCUT2D eigenvalue weighted by Crippen LogP contribution is -2.41. The SMILES string of the molecule is CCCN(CCC)CC1COc2c(OCC)cccc2C1N. The molecule has 2 atom stereocenters. The molecule has 1 aliphatic rings. The van der Waals surface area contributed by atoms with Crippen molar-refractivity contribution in [3.63, 3.8) is 0 Å². The molecule has 2 unspecified atom stereocenters. The van der Waals surface area contributed by atoms with Gasteiger partial charge in [-0.05, 0) is 38.9 Å². The summed E-state index contributed by atoms with van der Waals surface area (Å²) in [7, 11) is 0. The minimum absolute atomic E-state index is 0.0142. The predicted octanol–water partition coefficient (Wildman–Crippen LogP) is 3.22. The lowest BCUT2D eigenvalue weighted by Gasteiger charge is -2.35. The molecule has 124 valence electrons. The third-order valence-corrected chi connectivity index (χ3v) is 4.19. The van der Waals surface area contributed by atoms with Gasteiger partial charge in [0.1, 0.15) is 0 Å². The Morgan fingerprint density at radius 1 is 1.23 bits per heavy atom. The van der Waals surface area contributed by atoms with Crippen molar-refractivity contribution in [2.75, 3.05) is 32.8 Å². The van der Waals surface area contributed by atoms with Crippen molar-refractivity contribution in [2.24, 2.45) is 11.7 Å². The third kappa shape index (κ3) is 3.93. The van der Waals surface area contributed by atoms with Gasteiger partial charge in [-0.25, -0.2) is 0 Å². The van der Waals surface area contributed by atoms with E-state index in [-0.39, 0.29) is 6.04 Å². The van der Waals surface area contributed by atoms with Crippen molar-refractivity contribution in [2.45, 2.75) is 39.7 Å². The van der Waals surface area contributed by atoms with Crippen LogP contribution in [0.25, 0.3) is 0 Å². The summed E-state index contributed by atoms with van der Waals surface area (Å²) in [4.78, 5) is 2.51. The Morgan fingerprint density at radius 3 is 2.59 bits per heavy atom. The molecular formula is C18H30N2O2. The number of hydrogen-bond donors (Lipinski definition) is 1. The molecule has 4 nitrogen and oxygen atoms in total. The highest BCUT2D eigenvalue weighted by Gasteiger charge is 2.31. The van der Waals surface area contributed by atoms with E-state index >= 15 is 0 Å². The van der Waals surface area contributed by atoms with Crippen LogP contribution in [-0.4, -0.2) is 37.7 Å². The van der Waals surface area contributed by atoms with Crippen molar-refractivity contribution < 1.29 is 9.47 Å². The number of para-hydroxylation sites is 1. The second kappa shape index (κ2) is 8.39. The molecular weight excluding hydrogens is 276 g/mol. The highest BCUT2D eigenvalue weighted by molar-refractivity contribution is 5.49. The number of ether oxygens (including phenoxy) is 2. The van der Waals surface area contributed by atoms with Crippen LogP contribution in [0, 0.1) is 5.92 Å². The van der Waals surface area contributed by atoms with E-state index in [9.17, 15) is 0 Å². The first kappa shape index (κ1) is 17.1. The second-order valence-electron chi connectivity index (χ2n) is 6.00. The topological polar surface area (TPSA) is 47.7 Å². The summed E-state index contributed by atoms with van der Waals surface area (Å²) in [5.74, 6) is 1.99. The van der Waals surface area contributed by atoms with E-state index in [0.29, 0.717) is 19.1 Å². The van der Waals surface area contributed by atoms with Crippen LogP contribution in [-0.2, 0) is 0 Å². The molecule has 1 aromatic carbocycles. The maximum Gasteiger partial charge on any atom is 0.165 e. The molecule has 1 heterocycles. The van der Waals surface area contributed by atoms with E-state index in [2.05, 4.69) is 24.8 Å². The monoisotopic (exact) mass is 306 g/mol. The minimum atomic E-state index is 0.0142. The summed E-state index contributed by atoms with van der Waals surface area (Å²) in [5.41, 5.74) is 7.61. The summed E-state index contributed by atoms with van der Waals surface area (Å²) in [5, 5.41) is 0. The van der Waals surface area contributed by atoms with Gasteiger partial charge in [-0.3, -0.25) is 0 Å². The lowest BCUT2D eigenvalue weighted by atomic mass is 9.90. The van der Waals surface area contributed by atoms with Gasteiger partial charge < -0.3 is 20.1 Å². The normalized spacial score (nSPS) is 20.6. The molecule has 2 N–H and O–H groups in total. The van der Waals surface area contributed by atoms with E-state index in [1.807, 2.05) is 19.1 Å². The largest absolute Gasteiger partial charge is 0.490 e. The summed E-state index contributed by atoms with van der Waals surface area (Å²) < 4.78 is 11.7. The van der Waals surface area contributed by atoms with Gasteiger partial charge in [-0.2, -0.15) is 0 Å². The van der Waals surface area contributed by atoms with E-state index in [1.54, 1.807) is 0 Å². The van der Waals surface area contributed by atoms with E-state index in [4.69, 9.17) is 15.2 Å². The van der Waals surface area contributed by atoms with Crippen LogP contribution in [0.1, 0.15) is 45.2 Å². The average molecular weight is 306 g/mol. The maximum absolute atomic E-state index is 6.53. The quantitative estimate of drug-likeness (QED) is 0.801. The zero-order chi connectivity index (χ0) is 15.9. The number of benzene rings is 1. The Bertz CT molecular complexity index is 458. The summed E-state index contributed by atoms with van der Waals surface area (Å²) in [6, 6.07) is 6.04. The molecule has 0 spiro atoms. The molecule has 1 aromatic rings. The zero-order valence-electron chi connectivity index (χ0n) is 14.2. The first-order valence-corrected chi connectivity index (χ1v) is 8.57. The minimum Gasteiger partial charge on any atom is -0.490 e. The van der Waals surface area contributed by atoms with Crippen LogP contribution in [0.5, 0.6) is 11.5 Å². The third-order valence-electron chi connectivity index (χ3n) is 4.19. The number of nitrogens with two attached hydrogens (primary N) is 1. The van der Waals surface area contributed by atoms with Gasteiger partial charge in [-0.15, -0.1) is 0 Å². The maximum atomic E-state index is 6.53. The van der Waals surface area contributed by atoms with E-state index in [1.165, 1.54) is 12.8 Å². The molecule has 0 fully saturated rings. The standard InChI is InChI=1S/C18H30N2O2/c1-4-10-20(11-5-2)12-14-13-22-18-15(17(14)19)8-7-9-16(18)21-6-3/h7-9,14,17H,4-6,10-13,19H2,1-3H3. The van der Waals surface area contributed by atoms with Crippen LogP contribution >= 0.6 is 0 Å². The molecule has 0 aliphatic carbocycles. The highest BCUT2D eigenvalue weighted by atomic mass is 16.5. The molecule has 0 saturated carbocycles. The Morgan fingerprint density at radius 2 is 1.95 bits per heavy atom. The highest BCUT2D eigenvalue weighted by Crippen LogP contribution is 2.40. The van der Waals surface area contributed by atoms with Crippen molar-refractivity contribution in [3.05, 3.63) is 23.8 Å². The summed E-state index contributed by atoms with van der Waals surface area (Å²) >= 11 is 0. The first-order chi connectivity index (χ1) is 10.7. The molecule has 0 saturated heterocycles. The van der Waals surface area contributed by atoms with E-state index < -0.39 is 0 Å². The number of rotatable bonds is 8. The van der Waals surface area contributed by atoms with Crippen LogP contribution in [0.2, 0.25) is 0 Å². The zero-order valence-corrected chi connectivity index (χ0v) is 14.2. The summed E-state index contributed by atoms with van der Waals surface area (Å²) in [6.45, 7) is 11.0. The predicted molar refractivity (Wildman–Crippen MR) is 90.5 cm³/mol. The van der Waals surface area contributed by atoms with Gasteiger partial charge in [0.15, 0.2) is 11.5 Å². The van der Waals surface area contributed by atoms with Crippen LogP contribution < -0.4 is 15.2 Å². The number of fused-ring (bicyclic) bond motifs is 1. The van der Waals surface area contributed by atoms with Crippen LogP contribution in [0.3, 0.4) is 0 Å². The molecule has 0 bridgehead atoms. The van der Waals surface area contributed by atoms with Gasteiger partial charge in [0.25, 0.3) is 0 Å². The average Bonchev–Trinajstić information content (AvgIpc) is 2.51. The van der Waals surface area contributed by atoms with Gasteiger partial charge in [0.2, 0.25) is 0 Å². The van der Waals surface area contributed by atoms with Crippen molar-refractivity contribution >= 4 is 0 Å². The molecule has 2 rings (SSSR count).